The maximum absolute atomic E-state index is 11.4. The van der Waals surface area contributed by atoms with Gasteiger partial charge in [-0.2, -0.15) is 0 Å². The van der Waals surface area contributed by atoms with Crippen LogP contribution in [0.5, 0.6) is 0 Å². The van der Waals surface area contributed by atoms with Gasteiger partial charge in [0, 0.05) is 12.2 Å². The highest BCUT2D eigenvalue weighted by Crippen LogP contribution is 2.19. The summed E-state index contributed by atoms with van der Waals surface area (Å²) >= 11 is 0. The quantitative estimate of drug-likeness (QED) is 0.768. The first-order chi connectivity index (χ1) is 8.16. The number of rotatable bonds is 3. The fourth-order valence-electron chi connectivity index (χ4n) is 2.36. The maximum Gasteiger partial charge on any atom is 0.234 e. The number of primary amides is 1. The number of carbonyl (C=O) groups is 1. The molecule has 1 aromatic carbocycles. The molecule has 1 aliphatic heterocycles. The molecular weight excluding hydrogens is 214 g/mol. The van der Waals surface area contributed by atoms with E-state index in [1.54, 1.807) is 0 Å². The van der Waals surface area contributed by atoms with Crippen LogP contribution in [0.4, 0.5) is 5.69 Å². The van der Waals surface area contributed by atoms with Gasteiger partial charge in [0.05, 0.1) is 6.04 Å². The Morgan fingerprint density at radius 2 is 2.00 bits per heavy atom. The monoisotopic (exact) mass is 233 g/mol. The lowest BCUT2D eigenvalue weighted by atomic mass is 10.0. The molecule has 0 radical (unpaired) electrons. The Bertz CT molecular complexity index is 388. The summed E-state index contributed by atoms with van der Waals surface area (Å²) in [7, 11) is 0. The van der Waals surface area contributed by atoms with Gasteiger partial charge >= 0.3 is 0 Å². The third kappa shape index (κ3) is 2.97. The lowest BCUT2D eigenvalue weighted by molar-refractivity contribution is -0.124. The fraction of sp³-hybridized carbons (Fsp3) is 0.462. The van der Waals surface area contributed by atoms with Crippen LogP contribution in [-0.2, 0) is 11.3 Å². The van der Waals surface area contributed by atoms with Gasteiger partial charge in [0.15, 0.2) is 0 Å². The number of likely N-dealkylation sites (tertiary alicyclic amines) is 1. The lowest BCUT2D eigenvalue weighted by Gasteiger charge is -2.33. The number of nitrogens with two attached hydrogens (primary N) is 2. The smallest absolute Gasteiger partial charge is 0.234 e. The number of nitrogen functional groups attached to an aromatic ring is 1. The molecular formula is C13H19N3O. The molecule has 92 valence electrons. The summed E-state index contributed by atoms with van der Waals surface area (Å²) < 4.78 is 0. The number of anilines is 1. The van der Waals surface area contributed by atoms with Crippen LogP contribution < -0.4 is 11.5 Å². The molecule has 17 heavy (non-hydrogen) atoms. The zero-order chi connectivity index (χ0) is 12.3. The van der Waals surface area contributed by atoms with Crippen molar-refractivity contribution in [3.05, 3.63) is 29.8 Å². The third-order valence-corrected chi connectivity index (χ3v) is 3.31. The van der Waals surface area contributed by atoms with Gasteiger partial charge in [-0.3, -0.25) is 9.69 Å². The van der Waals surface area contributed by atoms with E-state index in [2.05, 4.69) is 4.90 Å². The first-order valence-electron chi connectivity index (χ1n) is 6.04. The summed E-state index contributed by atoms with van der Waals surface area (Å²) in [4.78, 5) is 13.5. The molecule has 1 aliphatic rings. The molecule has 1 unspecified atom stereocenters. The number of benzene rings is 1. The zero-order valence-corrected chi connectivity index (χ0v) is 9.93. The summed E-state index contributed by atoms with van der Waals surface area (Å²) in [5.74, 6) is -0.208. The standard InChI is InChI=1S/C13H19N3O/c14-11-6-4-10(5-7-11)9-16-8-2-1-3-12(16)13(15)17/h4-7,12H,1-3,8-9,14H2,(H2,15,17). The summed E-state index contributed by atoms with van der Waals surface area (Å²) in [6, 6.07) is 7.67. The largest absolute Gasteiger partial charge is 0.399 e. The van der Waals surface area contributed by atoms with E-state index in [-0.39, 0.29) is 11.9 Å². The lowest BCUT2D eigenvalue weighted by Crippen LogP contribution is -2.47. The van der Waals surface area contributed by atoms with Gasteiger partial charge in [0.25, 0.3) is 0 Å². The van der Waals surface area contributed by atoms with Gasteiger partial charge in [0.1, 0.15) is 0 Å². The van der Waals surface area contributed by atoms with Crippen LogP contribution in [-0.4, -0.2) is 23.4 Å². The summed E-state index contributed by atoms with van der Waals surface area (Å²) in [5, 5.41) is 0. The van der Waals surface area contributed by atoms with Crippen molar-refractivity contribution in [1.29, 1.82) is 0 Å². The molecule has 4 N–H and O–H groups in total. The van der Waals surface area contributed by atoms with Crippen molar-refractivity contribution in [2.75, 3.05) is 12.3 Å². The Labute approximate surface area is 102 Å². The van der Waals surface area contributed by atoms with Gasteiger partial charge in [-0.25, -0.2) is 0 Å². The van der Waals surface area contributed by atoms with Crippen LogP contribution >= 0.6 is 0 Å². The van der Waals surface area contributed by atoms with Crippen molar-refractivity contribution in [3.63, 3.8) is 0 Å². The Morgan fingerprint density at radius 1 is 1.29 bits per heavy atom. The maximum atomic E-state index is 11.4. The molecule has 4 nitrogen and oxygen atoms in total. The predicted molar refractivity (Wildman–Crippen MR) is 68.1 cm³/mol. The van der Waals surface area contributed by atoms with Crippen molar-refractivity contribution in [2.24, 2.45) is 5.73 Å². The number of piperidine rings is 1. The molecule has 4 heteroatoms. The van der Waals surface area contributed by atoms with E-state index in [1.807, 2.05) is 24.3 Å². The average molecular weight is 233 g/mol. The van der Waals surface area contributed by atoms with Crippen LogP contribution in [0.15, 0.2) is 24.3 Å². The SMILES string of the molecule is NC(=O)C1CCCCN1Cc1ccc(N)cc1. The van der Waals surface area contributed by atoms with Crippen LogP contribution in [0, 0.1) is 0 Å². The average Bonchev–Trinajstić information content (AvgIpc) is 2.32. The van der Waals surface area contributed by atoms with Crippen molar-refractivity contribution >= 4 is 11.6 Å². The number of hydrogen-bond acceptors (Lipinski definition) is 3. The molecule has 0 bridgehead atoms. The highest BCUT2D eigenvalue weighted by molar-refractivity contribution is 5.79. The van der Waals surface area contributed by atoms with Crippen LogP contribution in [0.2, 0.25) is 0 Å². The van der Waals surface area contributed by atoms with Crippen LogP contribution in [0.3, 0.4) is 0 Å². The van der Waals surface area contributed by atoms with Crippen molar-refractivity contribution < 1.29 is 4.79 Å². The van der Waals surface area contributed by atoms with Crippen LogP contribution in [0.25, 0.3) is 0 Å². The second-order valence-corrected chi connectivity index (χ2v) is 4.63. The minimum atomic E-state index is -0.208. The van der Waals surface area contributed by atoms with Crippen LogP contribution in [0.1, 0.15) is 24.8 Å². The Morgan fingerprint density at radius 3 is 2.65 bits per heavy atom. The zero-order valence-electron chi connectivity index (χ0n) is 9.93. The van der Waals surface area contributed by atoms with Gasteiger partial charge in [-0.15, -0.1) is 0 Å². The fourth-order valence-corrected chi connectivity index (χ4v) is 2.36. The van der Waals surface area contributed by atoms with E-state index in [0.29, 0.717) is 0 Å². The molecule has 1 atom stereocenters. The van der Waals surface area contributed by atoms with Crippen molar-refractivity contribution in [2.45, 2.75) is 31.8 Å². The second kappa shape index (κ2) is 5.19. The minimum absolute atomic E-state index is 0.110. The van der Waals surface area contributed by atoms with E-state index in [9.17, 15) is 4.79 Å². The summed E-state index contributed by atoms with van der Waals surface area (Å²) in [6.45, 7) is 1.71. The number of carbonyl (C=O) groups excluding carboxylic acids is 1. The molecule has 2 rings (SSSR count). The Kier molecular flexibility index (Phi) is 3.64. The first-order valence-corrected chi connectivity index (χ1v) is 6.04. The summed E-state index contributed by atoms with van der Waals surface area (Å²) in [6.07, 6.45) is 3.11. The second-order valence-electron chi connectivity index (χ2n) is 4.63. The van der Waals surface area contributed by atoms with E-state index >= 15 is 0 Å². The van der Waals surface area contributed by atoms with Crippen molar-refractivity contribution in [3.8, 4) is 0 Å². The minimum Gasteiger partial charge on any atom is -0.399 e. The molecule has 1 fully saturated rings. The number of amides is 1. The highest BCUT2D eigenvalue weighted by atomic mass is 16.1. The Hall–Kier alpha value is -1.55. The first kappa shape index (κ1) is 11.9. The normalized spacial score (nSPS) is 21.3. The Balaban J connectivity index is 2.05. The van der Waals surface area contributed by atoms with E-state index in [4.69, 9.17) is 11.5 Å². The molecule has 0 spiro atoms. The molecule has 0 aromatic heterocycles. The van der Waals surface area contributed by atoms with Gasteiger partial charge in [-0.1, -0.05) is 18.6 Å². The molecule has 1 amide bonds. The van der Waals surface area contributed by atoms with Crippen molar-refractivity contribution in [1.82, 2.24) is 4.90 Å². The molecule has 1 aromatic rings. The molecule has 1 heterocycles. The summed E-state index contributed by atoms with van der Waals surface area (Å²) in [5.41, 5.74) is 13.0. The number of hydrogen-bond donors (Lipinski definition) is 2. The van der Waals surface area contributed by atoms with Gasteiger partial charge in [-0.05, 0) is 37.1 Å². The molecule has 1 saturated heterocycles. The molecule has 0 saturated carbocycles. The van der Waals surface area contributed by atoms with E-state index in [1.165, 1.54) is 5.56 Å². The van der Waals surface area contributed by atoms with E-state index in [0.717, 1.165) is 38.0 Å². The van der Waals surface area contributed by atoms with Gasteiger partial charge < -0.3 is 11.5 Å². The predicted octanol–water partition coefficient (Wildman–Crippen LogP) is 1.11. The molecule has 0 aliphatic carbocycles. The third-order valence-electron chi connectivity index (χ3n) is 3.31. The van der Waals surface area contributed by atoms with E-state index < -0.39 is 0 Å². The topological polar surface area (TPSA) is 72.4 Å². The number of nitrogens with zero attached hydrogens (tertiary/aromatic N) is 1. The highest BCUT2D eigenvalue weighted by Gasteiger charge is 2.26. The van der Waals surface area contributed by atoms with Gasteiger partial charge in [0.2, 0.25) is 5.91 Å².